The average molecular weight is 1150 g/mol. The van der Waals surface area contributed by atoms with Crippen LogP contribution in [-0.4, -0.2) is 37.2 Å². The Morgan fingerprint density at radius 3 is 0.807 bits per heavy atom. The molecule has 0 amide bonds. The van der Waals surface area contributed by atoms with Crippen LogP contribution in [0.15, 0.2) is 122 Å². The number of esters is 3. The summed E-state index contributed by atoms with van der Waals surface area (Å²) in [6, 6.07) is 0. The van der Waals surface area contributed by atoms with E-state index in [2.05, 4.69) is 142 Å². The van der Waals surface area contributed by atoms with E-state index in [9.17, 15) is 14.4 Å². The topological polar surface area (TPSA) is 78.9 Å². The van der Waals surface area contributed by atoms with Crippen LogP contribution >= 0.6 is 0 Å². The fourth-order valence-electron chi connectivity index (χ4n) is 9.74. The van der Waals surface area contributed by atoms with Crippen LogP contribution in [0.3, 0.4) is 0 Å². The fraction of sp³-hybridized carbons (Fsp3) is 0.701. The number of allylic oxidation sites excluding steroid dienone is 20. The Kier molecular flexibility index (Phi) is 66.7. The third-order valence-corrected chi connectivity index (χ3v) is 15.0. The van der Waals surface area contributed by atoms with Gasteiger partial charge in [0.15, 0.2) is 6.10 Å². The van der Waals surface area contributed by atoms with E-state index in [0.29, 0.717) is 19.3 Å². The molecule has 0 radical (unpaired) electrons. The second-order valence-corrected chi connectivity index (χ2v) is 23.1. The number of rotatable bonds is 63. The van der Waals surface area contributed by atoms with Gasteiger partial charge >= 0.3 is 17.9 Å². The highest BCUT2D eigenvalue weighted by atomic mass is 16.6. The largest absolute Gasteiger partial charge is 0.462 e. The lowest BCUT2D eigenvalue weighted by Crippen LogP contribution is -2.30. The minimum atomic E-state index is -0.808. The molecule has 0 heterocycles. The van der Waals surface area contributed by atoms with Crippen molar-refractivity contribution in [2.24, 2.45) is 0 Å². The molecule has 0 aromatic carbocycles. The maximum Gasteiger partial charge on any atom is 0.306 e. The van der Waals surface area contributed by atoms with Crippen LogP contribution in [0.25, 0.3) is 0 Å². The molecule has 0 saturated carbocycles. The molecule has 0 aliphatic carbocycles. The molecule has 0 N–H and O–H groups in total. The third kappa shape index (κ3) is 68.5. The van der Waals surface area contributed by atoms with Crippen LogP contribution in [0.2, 0.25) is 0 Å². The molecule has 0 aromatic rings. The first-order valence-corrected chi connectivity index (χ1v) is 35.0. The summed E-state index contributed by atoms with van der Waals surface area (Å²) in [7, 11) is 0. The number of hydrogen-bond donors (Lipinski definition) is 0. The van der Waals surface area contributed by atoms with Gasteiger partial charge in [0.2, 0.25) is 0 Å². The highest BCUT2D eigenvalue weighted by Gasteiger charge is 2.19. The summed E-state index contributed by atoms with van der Waals surface area (Å²) >= 11 is 0. The summed E-state index contributed by atoms with van der Waals surface area (Å²) < 4.78 is 16.9. The second-order valence-electron chi connectivity index (χ2n) is 23.1. The van der Waals surface area contributed by atoms with Crippen molar-refractivity contribution in [3.05, 3.63) is 122 Å². The van der Waals surface area contributed by atoms with E-state index in [0.717, 1.165) is 116 Å². The van der Waals surface area contributed by atoms with Gasteiger partial charge in [-0.1, -0.05) is 322 Å². The maximum atomic E-state index is 12.9. The number of carbonyl (C=O) groups is 3. The van der Waals surface area contributed by atoms with Crippen LogP contribution in [0.4, 0.5) is 0 Å². The second kappa shape index (κ2) is 70.3. The Hall–Kier alpha value is -4.19. The van der Waals surface area contributed by atoms with E-state index in [1.807, 2.05) is 0 Å². The van der Waals surface area contributed by atoms with Crippen LogP contribution in [0, 0.1) is 0 Å². The highest BCUT2D eigenvalue weighted by Crippen LogP contribution is 2.17. The Morgan fingerprint density at radius 1 is 0.253 bits per heavy atom. The highest BCUT2D eigenvalue weighted by molar-refractivity contribution is 5.71. The normalized spacial score (nSPS) is 12.9. The van der Waals surface area contributed by atoms with Crippen LogP contribution in [-0.2, 0) is 28.6 Å². The molecule has 0 saturated heterocycles. The molecule has 0 bridgehead atoms. The first kappa shape index (κ1) is 78.8. The zero-order valence-electron chi connectivity index (χ0n) is 54.4. The lowest BCUT2D eigenvalue weighted by Gasteiger charge is -2.18. The maximum absolute atomic E-state index is 12.9. The molecule has 0 aliphatic rings. The Bertz CT molecular complexity index is 1700. The number of hydrogen-bond acceptors (Lipinski definition) is 6. The van der Waals surface area contributed by atoms with Crippen molar-refractivity contribution < 1.29 is 28.6 Å². The summed E-state index contributed by atoms with van der Waals surface area (Å²) in [5, 5.41) is 0. The monoisotopic (exact) mass is 1150 g/mol. The van der Waals surface area contributed by atoms with E-state index in [1.165, 1.54) is 167 Å². The van der Waals surface area contributed by atoms with E-state index < -0.39 is 6.10 Å². The Balaban J connectivity index is 4.40. The summed E-state index contributed by atoms with van der Waals surface area (Å²) in [5.41, 5.74) is 0. The van der Waals surface area contributed by atoms with Crippen molar-refractivity contribution in [1.82, 2.24) is 0 Å². The van der Waals surface area contributed by atoms with Gasteiger partial charge in [-0.15, -0.1) is 0 Å². The molecular weight excluding hydrogens is 1020 g/mol. The lowest BCUT2D eigenvalue weighted by molar-refractivity contribution is -0.167. The quantitative estimate of drug-likeness (QED) is 0.0261. The minimum absolute atomic E-state index is 0.0996. The number of unbranched alkanes of at least 4 members (excludes halogenated alkanes) is 32. The zero-order chi connectivity index (χ0) is 59.9. The van der Waals surface area contributed by atoms with Gasteiger partial charge in [0.1, 0.15) is 13.2 Å². The summed E-state index contributed by atoms with van der Waals surface area (Å²) in [4.78, 5) is 38.4. The fourth-order valence-corrected chi connectivity index (χ4v) is 9.74. The van der Waals surface area contributed by atoms with Gasteiger partial charge in [0.25, 0.3) is 0 Å². The standard InChI is InChI=1S/C77H130O6/c1-4-7-10-13-16-19-22-25-27-29-31-33-35-36-37-38-39-40-42-43-45-47-49-52-55-58-61-64-67-70-76(79)82-73-74(72-81-75(78)69-66-63-60-57-54-51-24-21-18-15-12-9-6-3)83-77(80)71-68-65-62-59-56-53-50-48-46-44-41-34-32-30-28-26-23-20-17-14-11-8-5-2/h7,10,16,19,21,24-25,27,31,33,36-37,39-40,43,45,49,52,58,61,74H,4-6,8-9,11-15,17-18,20,22-23,26,28-30,32,34-35,38,41-42,44,46-48,50-51,53-57,59-60,62-73H2,1-3H3/b10-7-,19-16-,24-21-,27-25-,33-31-,37-36-,40-39-,45-43-,52-49-,61-58-. The SMILES string of the molecule is CC/C=C\C/C=C\C/C=C\C/C=C\C/C=C\C/C=C\C/C=C\C/C=C\C/C=C\CCCC(=O)OCC(COC(=O)CCCCCCC/C=C\CCCCCC)OC(=O)CCCCCCCCCCCCCCCCCCCCCCCCC. The van der Waals surface area contributed by atoms with Crippen molar-refractivity contribution >= 4 is 17.9 Å². The smallest absolute Gasteiger partial charge is 0.306 e. The Labute approximate surface area is 513 Å². The first-order chi connectivity index (χ1) is 41.0. The van der Waals surface area contributed by atoms with Gasteiger partial charge in [0.05, 0.1) is 0 Å². The molecule has 6 nitrogen and oxygen atoms in total. The molecule has 0 aromatic heterocycles. The van der Waals surface area contributed by atoms with Crippen molar-refractivity contribution in [3.63, 3.8) is 0 Å². The van der Waals surface area contributed by atoms with Crippen molar-refractivity contribution in [3.8, 4) is 0 Å². The molecule has 0 aliphatic heterocycles. The predicted octanol–water partition coefficient (Wildman–Crippen LogP) is 24.3. The lowest BCUT2D eigenvalue weighted by atomic mass is 10.0. The molecule has 474 valence electrons. The molecule has 0 spiro atoms. The van der Waals surface area contributed by atoms with Crippen LogP contribution in [0.5, 0.6) is 0 Å². The average Bonchev–Trinajstić information content (AvgIpc) is 3.49. The van der Waals surface area contributed by atoms with Crippen molar-refractivity contribution in [2.45, 2.75) is 335 Å². The zero-order valence-corrected chi connectivity index (χ0v) is 54.4. The van der Waals surface area contributed by atoms with E-state index in [4.69, 9.17) is 14.2 Å². The van der Waals surface area contributed by atoms with E-state index in [1.54, 1.807) is 0 Å². The molecule has 1 unspecified atom stereocenters. The van der Waals surface area contributed by atoms with Gasteiger partial charge in [-0.25, -0.2) is 0 Å². The van der Waals surface area contributed by atoms with Gasteiger partial charge < -0.3 is 14.2 Å². The van der Waals surface area contributed by atoms with Crippen LogP contribution in [0.1, 0.15) is 329 Å². The first-order valence-electron chi connectivity index (χ1n) is 35.0. The minimum Gasteiger partial charge on any atom is -0.462 e. The van der Waals surface area contributed by atoms with E-state index >= 15 is 0 Å². The summed E-state index contributed by atoms with van der Waals surface area (Å²) in [6.45, 7) is 6.49. The van der Waals surface area contributed by atoms with E-state index in [-0.39, 0.29) is 37.5 Å². The summed E-state index contributed by atoms with van der Waals surface area (Å²) in [6.07, 6.45) is 98.0. The third-order valence-electron chi connectivity index (χ3n) is 15.0. The number of ether oxygens (including phenoxy) is 3. The van der Waals surface area contributed by atoms with Gasteiger partial charge in [-0.3, -0.25) is 14.4 Å². The number of carbonyl (C=O) groups excluding carboxylic acids is 3. The van der Waals surface area contributed by atoms with Crippen molar-refractivity contribution in [1.29, 1.82) is 0 Å². The molecule has 83 heavy (non-hydrogen) atoms. The molecule has 1 atom stereocenters. The van der Waals surface area contributed by atoms with Crippen LogP contribution < -0.4 is 0 Å². The molecule has 0 rings (SSSR count). The molecule has 0 fully saturated rings. The Morgan fingerprint density at radius 2 is 0.482 bits per heavy atom. The molecular formula is C77H130O6. The van der Waals surface area contributed by atoms with Gasteiger partial charge in [0, 0.05) is 19.3 Å². The summed E-state index contributed by atoms with van der Waals surface area (Å²) in [5.74, 6) is -0.958. The van der Waals surface area contributed by atoms with Gasteiger partial charge in [-0.05, 0) is 109 Å². The van der Waals surface area contributed by atoms with Gasteiger partial charge in [-0.2, -0.15) is 0 Å². The van der Waals surface area contributed by atoms with Crippen molar-refractivity contribution in [2.75, 3.05) is 13.2 Å². The predicted molar refractivity (Wildman–Crippen MR) is 362 cm³/mol. The molecule has 6 heteroatoms.